The number of pyridine rings is 1. The quantitative estimate of drug-likeness (QED) is 0.669. The first-order chi connectivity index (χ1) is 10.0. The van der Waals surface area contributed by atoms with Gasteiger partial charge >= 0.3 is 0 Å². The molecule has 110 valence electrons. The maximum Gasteiger partial charge on any atom is 0.193 e. The number of aromatic nitrogens is 1. The van der Waals surface area contributed by atoms with Gasteiger partial charge in [-0.05, 0) is 62.1 Å². The third-order valence-electron chi connectivity index (χ3n) is 3.15. The average Bonchev–Trinajstić information content (AvgIpc) is 2.39. The van der Waals surface area contributed by atoms with Gasteiger partial charge in [0.15, 0.2) is 5.96 Å². The van der Waals surface area contributed by atoms with Crippen LogP contribution in [0.2, 0.25) is 0 Å². The van der Waals surface area contributed by atoms with Crippen molar-refractivity contribution in [2.24, 2.45) is 10.7 Å². The van der Waals surface area contributed by atoms with Crippen LogP contribution in [0.3, 0.4) is 0 Å². The Morgan fingerprint density at radius 1 is 1.14 bits per heavy atom. The van der Waals surface area contributed by atoms with Gasteiger partial charge < -0.3 is 11.1 Å². The van der Waals surface area contributed by atoms with E-state index in [1.807, 2.05) is 19.2 Å². The van der Waals surface area contributed by atoms with Crippen molar-refractivity contribution in [1.82, 2.24) is 4.98 Å². The largest absolute Gasteiger partial charge is 0.370 e. The number of nitrogens with zero attached hydrogens (tertiary/aromatic N) is 2. The van der Waals surface area contributed by atoms with E-state index in [1.54, 1.807) is 0 Å². The summed E-state index contributed by atoms with van der Waals surface area (Å²) in [5.41, 5.74) is 11.5. The van der Waals surface area contributed by atoms with Gasteiger partial charge in [-0.2, -0.15) is 0 Å². The zero-order chi connectivity index (χ0) is 15.2. The lowest BCUT2D eigenvalue weighted by molar-refractivity contribution is 0.950. The molecule has 0 radical (unpaired) electrons. The van der Waals surface area contributed by atoms with Crippen molar-refractivity contribution in [3.63, 3.8) is 0 Å². The fourth-order valence-corrected chi connectivity index (χ4v) is 2.19. The summed E-state index contributed by atoms with van der Waals surface area (Å²) in [7, 11) is 0. The lowest BCUT2D eigenvalue weighted by Crippen LogP contribution is -2.23. The molecule has 4 heteroatoms. The van der Waals surface area contributed by atoms with Gasteiger partial charge in [-0.1, -0.05) is 12.1 Å². The minimum Gasteiger partial charge on any atom is -0.370 e. The van der Waals surface area contributed by atoms with E-state index in [0.29, 0.717) is 12.5 Å². The summed E-state index contributed by atoms with van der Waals surface area (Å²) in [4.78, 5) is 8.62. The number of anilines is 1. The van der Waals surface area contributed by atoms with E-state index >= 15 is 0 Å². The monoisotopic (exact) mass is 282 g/mol. The highest BCUT2D eigenvalue weighted by Gasteiger charge is 1.98. The molecule has 0 atom stereocenters. The van der Waals surface area contributed by atoms with E-state index in [9.17, 15) is 0 Å². The lowest BCUT2D eigenvalue weighted by atomic mass is 10.1. The number of aryl methyl sites for hydroxylation is 3. The molecule has 1 heterocycles. The zero-order valence-electron chi connectivity index (χ0n) is 12.9. The molecule has 0 aliphatic carbocycles. The van der Waals surface area contributed by atoms with Crippen LogP contribution >= 0.6 is 0 Å². The van der Waals surface area contributed by atoms with Crippen LogP contribution in [0.5, 0.6) is 0 Å². The highest BCUT2D eigenvalue weighted by Crippen LogP contribution is 2.13. The topological polar surface area (TPSA) is 63.3 Å². The second-order valence-corrected chi connectivity index (χ2v) is 5.33. The van der Waals surface area contributed by atoms with Gasteiger partial charge in [-0.25, -0.2) is 0 Å². The summed E-state index contributed by atoms with van der Waals surface area (Å²) < 4.78 is 0. The molecule has 1 aromatic carbocycles. The number of nitrogens with two attached hydrogens (primary N) is 1. The SMILES string of the molecule is Cc1cc(C)cc(NC(N)=NCCc2ccc(C)nc2)c1. The fraction of sp³-hybridized carbons (Fsp3) is 0.294. The molecule has 2 rings (SSSR count). The molecule has 0 bridgehead atoms. The van der Waals surface area contributed by atoms with E-state index in [-0.39, 0.29) is 0 Å². The normalized spacial score (nSPS) is 11.5. The maximum absolute atomic E-state index is 5.92. The van der Waals surface area contributed by atoms with E-state index < -0.39 is 0 Å². The van der Waals surface area contributed by atoms with E-state index in [4.69, 9.17) is 5.73 Å². The molecule has 0 aliphatic rings. The van der Waals surface area contributed by atoms with Crippen LogP contribution in [0, 0.1) is 20.8 Å². The van der Waals surface area contributed by atoms with Crippen LogP contribution in [-0.2, 0) is 6.42 Å². The van der Waals surface area contributed by atoms with Gasteiger partial charge in [-0.15, -0.1) is 0 Å². The molecule has 21 heavy (non-hydrogen) atoms. The van der Waals surface area contributed by atoms with Crippen LogP contribution in [0.25, 0.3) is 0 Å². The highest BCUT2D eigenvalue weighted by atomic mass is 15.1. The van der Waals surface area contributed by atoms with Gasteiger partial charge in [0.2, 0.25) is 0 Å². The summed E-state index contributed by atoms with van der Waals surface area (Å²) in [6.45, 7) is 6.76. The number of aliphatic imine (C=N–C) groups is 1. The first-order valence-electron chi connectivity index (χ1n) is 7.10. The number of rotatable bonds is 4. The van der Waals surface area contributed by atoms with Gasteiger partial charge in [0.25, 0.3) is 0 Å². The van der Waals surface area contributed by atoms with Gasteiger partial charge in [0.1, 0.15) is 0 Å². The number of benzene rings is 1. The Hall–Kier alpha value is -2.36. The molecule has 0 saturated carbocycles. The summed E-state index contributed by atoms with van der Waals surface area (Å²) in [5, 5.41) is 3.13. The highest BCUT2D eigenvalue weighted by molar-refractivity contribution is 5.92. The van der Waals surface area contributed by atoms with Crippen molar-refractivity contribution in [3.8, 4) is 0 Å². The maximum atomic E-state index is 5.92. The number of hydrogen-bond donors (Lipinski definition) is 2. The van der Waals surface area contributed by atoms with Gasteiger partial charge in [-0.3, -0.25) is 9.98 Å². The fourth-order valence-electron chi connectivity index (χ4n) is 2.19. The Balaban J connectivity index is 1.90. The molecule has 1 aromatic heterocycles. The van der Waals surface area contributed by atoms with Crippen molar-refractivity contribution in [3.05, 3.63) is 58.9 Å². The van der Waals surface area contributed by atoms with E-state index in [0.717, 1.165) is 17.8 Å². The summed E-state index contributed by atoms with van der Waals surface area (Å²) in [6.07, 6.45) is 2.72. The van der Waals surface area contributed by atoms with Crippen molar-refractivity contribution in [1.29, 1.82) is 0 Å². The van der Waals surface area contributed by atoms with Gasteiger partial charge in [0.05, 0.1) is 0 Å². The van der Waals surface area contributed by atoms with Crippen LogP contribution in [0.4, 0.5) is 5.69 Å². The second-order valence-electron chi connectivity index (χ2n) is 5.33. The Morgan fingerprint density at radius 2 is 1.86 bits per heavy atom. The predicted octanol–water partition coefficient (Wildman–Crippen LogP) is 2.98. The molecule has 0 fully saturated rings. The molecule has 2 aromatic rings. The average molecular weight is 282 g/mol. The predicted molar refractivity (Wildman–Crippen MR) is 88.7 cm³/mol. The zero-order valence-corrected chi connectivity index (χ0v) is 12.9. The smallest absolute Gasteiger partial charge is 0.193 e. The molecule has 0 aliphatic heterocycles. The van der Waals surface area contributed by atoms with Crippen molar-refractivity contribution >= 4 is 11.6 Å². The number of hydrogen-bond acceptors (Lipinski definition) is 2. The molecule has 0 unspecified atom stereocenters. The number of nitrogens with one attached hydrogen (secondary N) is 1. The second kappa shape index (κ2) is 6.88. The van der Waals surface area contributed by atoms with Crippen LogP contribution in [0.1, 0.15) is 22.4 Å². The first kappa shape index (κ1) is 15.0. The van der Waals surface area contributed by atoms with E-state index in [1.165, 1.54) is 16.7 Å². The minimum atomic E-state index is 0.445. The first-order valence-corrected chi connectivity index (χ1v) is 7.10. The summed E-state index contributed by atoms with van der Waals surface area (Å²) in [5.74, 6) is 0.445. The van der Waals surface area contributed by atoms with Crippen LogP contribution < -0.4 is 11.1 Å². The lowest BCUT2D eigenvalue weighted by Gasteiger charge is -2.08. The summed E-state index contributed by atoms with van der Waals surface area (Å²) in [6, 6.07) is 10.3. The third kappa shape index (κ3) is 4.91. The molecular weight excluding hydrogens is 260 g/mol. The molecule has 3 N–H and O–H groups in total. The Kier molecular flexibility index (Phi) is 4.93. The van der Waals surface area contributed by atoms with Crippen molar-refractivity contribution < 1.29 is 0 Å². The van der Waals surface area contributed by atoms with Crippen LogP contribution in [-0.4, -0.2) is 17.5 Å². The standard InChI is InChI=1S/C17H22N4/c1-12-8-13(2)10-16(9-12)21-17(18)19-7-6-15-5-4-14(3)20-11-15/h4-5,8-11H,6-7H2,1-3H3,(H3,18,19,21). The Morgan fingerprint density at radius 3 is 2.48 bits per heavy atom. The Bertz CT molecular complexity index is 609. The van der Waals surface area contributed by atoms with Crippen molar-refractivity contribution in [2.45, 2.75) is 27.2 Å². The minimum absolute atomic E-state index is 0.445. The molecule has 0 amide bonds. The molecule has 4 nitrogen and oxygen atoms in total. The van der Waals surface area contributed by atoms with Crippen molar-refractivity contribution in [2.75, 3.05) is 11.9 Å². The third-order valence-corrected chi connectivity index (χ3v) is 3.15. The Labute approximate surface area is 126 Å². The molecule has 0 spiro atoms. The number of guanidine groups is 1. The molecule has 0 saturated heterocycles. The summed E-state index contributed by atoms with van der Waals surface area (Å²) >= 11 is 0. The molecular formula is C17H22N4. The van der Waals surface area contributed by atoms with E-state index in [2.05, 4.69) is 53.4 Å². The van der Waals surface area contributed by atoms with Crippen LogP contribution in [0.15, 0.2) is 41.5 Å². The van der Waals surface area contributed by atoms with Gasteiger partial charge in [0, 0.05) is 24.1 Å².